The lowest BCUT2D eigenvalue weighted by Gasteiger charge is -2.30. The molecule has 2 saturated heterocycles. The second-order valence-electron chi connectivity index (χ2n) is 22.8. The third kappa shape index (κ3) is 21.5. The molecule has 2 aliphatic heterocycles. The first kappa shape index (κ1) is 69.8. The summed E-state index contributed by atoms with van der Waals surface area (Å²) in [5.41, 5.74) is 2.59. The zero-order valence-electron chi connectivity index (χ0n) is 49.7. The average Bonchev–Trinajstić information content (AvgIpc) is 3.74. The summed E-state index contributed by atoms with van der Waals surface area (Å²) in [4.78, 5) is 150. The van der Waals surface area contributed by atoms with Crippen molar-refractivity contribution < 1.29 is 63.3 Å². The number of carboxylic acid groups (broad SMARTS) is 1. The zero-order chi connectivity index (χ0) is 63.4. The molecule has 5 rings (SSSR count). The van der Waals surface area contributed by atoms with Gasteiger partial charge in [0.25, 0.3) is 0 Å². The molecule has 0 spiro atoms. The molecule has 2 fully saturated rings. The Hall–Kier alpha value is -6.94. The van der Waals surface area contributed by atoms with Gasteiger partial charge in [0.15, 0.2) is 0 Å². The molecule has 13 N–H and O–H groups in total. The van der Waals surface area contributed by atoms with Crippen LogP contribution in [0, 0.1) is 23.7 Å². The van der Waals surface area contributed by atoms with Gasteiger partial charge in [-0.2, -0.15) is 0 Å². The van der Waals surface area contributed by atoms with Crippen LogP contribution in [-0.2, 0) is 73.9 Å². The number of carbonyl (C=O) groups excluding carboxylic acids is 9. The van der Waals surface area contributed by atoms with Crippen LogP contribution in [0.2, 0.25) is 5.02 Å². The Balaban J connectivity index is 1.45. The van der Waals surface area contributed by atoms with Gasteiger partial charge in [0, 0.05) is 62.5 Å². The highest BCUT2D eigenvalue weighted by Crippen LogP contribution is 2.29. The van der Waals surface area contributed by atoms with E-state index >= 15 is 0 Å². The van der Waals surface area contributed by atoms with Gasteiger partial charge in [-0.25, -0.2) is 4.98 Å². The van der Waals surface area contributed by atoms with E-state index in [1.54, 1.807) is 27.7 Å². The molecule has 472 valence electrons. The number of aliphatic hydroxyl groups is 1. The van der Waals surface area contributed by atoms with Crippen LogP contribution in [0.25, 0.3) is 0 Å². The minimum atomic E-state index is -1.85. The van der Waals surface area contributed by atoms with E-state index in [2.05, 4.69) is 57.8 Å². The Morgan fingerprint density at radius 2 is 1.40 bits per heavy atom. The number of aromatic nitrogens is 2. The van der Waals surface area contributed by atoms with Crippen molar-refractivity contribution in [3.8, 4) is 5.75 Å². The fourth-order valence-corrected chi connectivity index (χ4v) is 12.4. The molecule has 0 aliphatic carbocycles. The van der Waals surface area contributed by atoms with E-state index in [-0.39, 0.29) is 79.3 Å². The van der Waals surface area contributed by atoms with Crippen molar-refractivity contribution in [2.24, 2.45) is 23.7 Å². The minimum Gasteiger partial charge on any atom is -0.506 e. The summed E-state index contributed by atoms with van der Waals surface area (Å²) < 4.78 is 0. The fraction of sp³-hybridized carbons (Fsp3) is 0.569. The molecule has 0 saturated carbocycles. The van der Waals surface area contributed by atoms with Crippen molar-refractivity contribution in [1.29, 1.82) is 0 Å². The van der Waals surface area contributed by atoms with Gasteiger partial charge in [-0.3, -0.25) is 47.9 Å². The number of aromatic amines is 1. The van der Waals surface area contributed by atoms with Crippen molar-refractivity contribution >= 4 is 92.3 Å². The van der Waals surface area contributed by atoms with E-state index in [0.717, 1.165) is 32.7 Å². The van der Waals surface area contributed by atoms with Crippen LogP contribution in [0.5, 0.6) is 5.75 Å². The van der Waals surface area contributed by atoms with Gasteiger partial charge < -0.3 is 73.1 Å². The number of hydrogen-bond acceptors (Lipinski definition) is 16. The number of nitrogens with zero attached hydrogens (tertiary/aromatic N) is 2. The lowest BCUT2D eigenvalue weighted by atomic mass is 9.96. The Morgan fingerprint density at radius 1 is 0.767 bits per heavy atom. The fourth-order valence-electron chi connectivity index (χ4n) is 9.71. The predicted octanol–water partition coefficient (Wildman–Crippen LogP) is 1.59. The molecule has 1 aromatic heterocycles. The number of benzene rings is 2. The van der Waals surface area contributed by atoms with E-state index in [1.165, 1.54) is 35.6 Å². The van der Waals surface area contributed by atoms with Gasteiger partial charge in [-0.05, 0) is 66.5 Å². The monoisotopic (exact) mass is 1250 g/mol. The molecule has 0 bridgehead atoms. The number of imidazole rings is 1. The maximum Gasteiger partial charge on any atom is 0.305 e. The highest BCUT2D eigenvalue weighted by atomic mass is 35.5. The van der Waals surface area contributed by atoms with Crippen LogP contribution in [-0.4, -0.2) is 169 Å². The molecular formula is C58H83ClN12O13S2. The number of halogens is 1. The maximum atomic E-state index is 14.8. The van der Waals surface area contributed by atoms with Crippen molar-refractivity contribution in [1.82, 2.24) is 62.7 Å². The third-order valence-electron chi connectivity index (χ3n) is 14.6. The number of hydrogen-bond donors (Lipinski definition) is 13. The number of amides is 9. The molecule has 3 heterocycles. The zero-order valence-corrected chi connectivity index (χ0v) is 52.1. The summed E-state index contributed by atoms with van der Waals surface area (Å²) in [6.45, 7) is 13.2. The van der Waals surface area contributed by atoms with Crippen LogP contribution < -0.4 is 47.9 Å². The SMILES string of the molecule is CCC(C)[C@H](NC(=O)[C@H](Cc1c[nH]cn1)NC(=O)[C@@H]1CSSC[C@H](C)C(=O)N2CC(O)C[C@H]2C(=O)N[C@@H](Cc2ccc(O)c(Cl)c2)C(=O)N[C@@H](CC(=O)O)C(=O)N[C@@H](CC(C)C)C(=O)N1)C(=O)N[C@@H](CC(C)C)C(=O)NCc1ccc(CNC)cc1. The van der Waals surface area contributed by atoms with Gasteiger partial charge in [0.2, 0.25) is 53.2 Å². The summed E-state index contributed by atoms with van der Waals surface area (Å²) in [6, 6.07) is 0.523. The number of phenols is 1. The molecule has 25 nitrogen and oxygen atoms in total. The largest absolute Gasteiger partial charge is 0.506 e. The number of nitrogens with one attached hydrogen (secondary N) is 10. The number of phenolic OH excluding ortho intramolecular Hbond substituents is 1. The van der Waals surface area contributed by atoms with Gasteiger partial charge in [0.05, 0.1) is 29.6 Å². The first-order chi connectivity index (χ1) is 40.8. The molecule has 2 unspecified atom stereocenters. The van der Waals surface area contributed by atoms with Crippen molar-refractivity contribution in [2.45, 2.75) is 161 Å². The highest BCUT2D eigenvalue weighted by Gasteiger charge is 2.43. The van der Waals surface area contributed by atoms with E-state index in [0.29, 0.717) is 24.2 Å². The van der Waals surface area contributed by atoms with E-state index in [9.17, 15) is 63.3 Å². The second kappa shape index (κ2) is 33.8. The van der Waals surface area contributed by atoms with Crippen LogP contribution in [0.3, 0.4) is 0 Å². The average molecular weight is 1260 g/mol. The summed E-state index contributed by atoms with van der Waals surface area (Å²) in [7, 11) is 4.09. The van der Waals surface area contributed by atoms with E-state index in [1.807, 2.05) is 52.1 Å². The number of carbonyl (C=O) groups is 10. The number of aromatic hydroxyl groups is 1. The molecule has 86 heavy (non-hydrogen) atoms. The van der Waals surface area contributed by atoms with E-state index < -0.39 is 132 Å². The topological polar surface area (TPSA) is 372 Å². The van der Waals surface area contributed by atoms with Gasteiger partial charge in [-0.1, -0.05) is 118 Å². The lowest BCUT2D eigenvalue weighted by Crippen LogP contribution is -2.61. The number of rotatable bonds is 23. The summed E-state index contributed by atoms with van der Waals surface area (Å²) >= 11 is 6.19. The maximum absolute atomic E-state index is 14.8. The summed E-state index contributed by atoms with van der Waals surface area (Å²) in [5, 5.41) is 55.6. The summed E-state index contributed by atoms with van der Waals surface area (Å²) in [5.74, 6) is -10.6. The predicted molar refractivity (Wildman–Crippen MR) is 325 cm³/mol. The summed E-state index contributed by atoms with van der Waals surface area (Å²) in [6.07, 6.45) is 0.694. The van der Waals surface area contributed by atoms with E-state index in [4.69, 9.17) is 11.6 Å². The first-order valence-electron chi connectivity index (χ1n) is 28.8. The normalized spacial score (nSPS) is 22.4. The van der Waals surface area contributed by atoms with Crippen molar-refractivity contribution in [3.63, 3.8) is 0 Å². The van der Waals surface area contributed by atoms with Crippen LogP contribution in [0.1, 0.15) is 103 Å². The molecule has 2 aliphatic rings. The quantitative estimate of drug-likeness (QED) is 0.0600. The molecule has 9 amide bonds. The second-order valence-corrected chi connectivity index (χ2v) is 25.7. The van der Waals surface area contributed by atoms with Gasteiger partial charge >= 0.3 is 5.97 Å². The number of aliphatic carboxylic acids is 1. The minimum absolute atomic E-state index is 0.0221. The standard InChI is InChI=1S/C58H83ClN12O13S2/c1-9-32(6)49(57(83)68-40(16-30(2)3)50(76)62-24-35-12-10-34(11-13-35)23-60-8)70-54(80)43(20-37-25-61-29-63-37)65-55(81)45-28-86-85-27-33(7)58(84)71-26-38(72)21-46(71)56(82)67-42(19-36-14-15-47(73)39(59)18-36)52(78)66-44(22-48(74)75)53(79)64-41(17-31(4)5)51(77)69-45/h10-15,18,25,29-33,38,40-46,49,60,72-73H,9,16-17,19-24,26-28H2,1-8H3,(H,61,63)(H,62,76)(H,64,79)(H,65,81)(H,66,78)(H,67,82)(H,68,83)(H,69,77)(H,70,80)(H,74,75)/t32?,33-,38?,40-,41-,42-,43-,44-,45-,46-,49-/m0/s1. The van der Waals surface area contributed by atoms with Crippen molar-refractivity contribution in [3.05, 3.63) is 82.4 Å². The number of aliphatic hydroxyl groups excluding tert-OH is 1. The van der Waals surface area contributed by atoms with Gasteiger partial charge in [-0.15, -0.1) is 0 Å². The molecule has 0 radical (unpaired) electrons. The molecule has 11 atom stereocenters. The Kier molecular flexibility index (Phi) is 27.5. The Labute approximate surface area is 513 Å². The van der Waals surface area contributed by atoms with Crippen LogP contribution in [0.15, 0.2) is 55.0 Å². The van der Waals surface area contributed by atoms with Crippen LogP contribution >= 0.6 is 33.2 Å². The number of H-pyrrole nitrogens is 1. The molecule has 2 aromatic carbocycles. The van der Waals surface area contributed by atoms with Gasteiger partial charge in [0.1, 0.15) is 54.1 Å². The third-order valence-corrected chi connectivity index (χ3v) is 17.5. The molecule has 3 aromatic rings. The lowest BCUT2D eigenvalue weighted by molar-refractivity contribution is -0.142. The number of carboxylic acids is 1. The number of fused-ring (bicyclic) bond motifs is 1. The smallest absolute Gasteiger partial charge is 0.305 e. The van der Waals surface area contributed by atoms with Crippen molar-refractivity contribution in [2.75, 3.05) is 25.1 Å². The van der Waals surface area contributed by atoms with Crippen LogP contribution in [0.4, 0.5) is 0 Å². The molecule has 28 heteroatoms. The molecular weight excluding hydrogens is 1170 g/mol. The Morgan fingerprint density at radius 3 is 2.01 bits per heavy atom. The first-order valence-corrected chi connectivity index (χ1v) is 31.7. The highest BCUT2D eigenvalue weighted by molar-refractivity contribution is 8.76. The Bertz CT molecular complexity index is 2830.